The molecule has 0 amide bonds. The van der Waals surface area contributed by atoms with E-state index < -0.39 is 5.97 Å². The Morgan fingerprint density at radius 3 is 2.41 bits per heavy atom. The summed E-state index contributed by atoms with van der Waals surface area (Å²) < 4.78 is 10.4. The quantitative estimate of drug-likeness (QED) is 0.578. The topological polar surface area (TPSA) is 52.6 Å². The van der Waals surface area contributed by atoms with Crippen molar-refractivity contribution in [1.82, 2.24) is 0 Å². The largest absolute Gasteiger partial charge is 0.493 e. The first-order chi connectivity index (χ1) is 10.5. The summed E-state index contributed by atoms with van der Waals surface area (Å²) in [7, 11) is 0. The van der Waals surface area contributed by atoms with E-state index in [0.717, 1.165) is 10.4 Å². The van der Waals surface area contributed by atoms with E-state index in [9.17, 15) is 9.59 Å². The molecular weight excluding hydrogens is 300 g/mol. The molecule has 0 saturated carbocycles. The summed E-state index contributed by atoms with van der Waals surface area (Å²) in [5, 5.41) is 0. The fraction of sp³-hybridized carbons (Fsp3) is 0.294. The Hall–Kier alpha value is -2.14. The number of hydrogen-bond acceptors (Lipinski definition) is 5. The molecule has 22 heavy (non-hydrogen) atoms. The summed E-state index contributed by atoms with van der Waals surface area (Å²) in [5.74, 6) is 0.100. The minimum Gasteiger partial charge on any atom is -0.493 e. The number of hydrogen-bond donors (Lipinski definition) is 0. The van der Waals surface area contributed by atoms with E-state index in [-0.39, 0.29) is 25.4 Å². The number of rotatable bonds is 7. The highest BCUT2D eigenvalue weighted by molar-refractivity contribution is 7.14. The van der Waals surface area contributed by atoms with Crippen LogP contribution in [0.3, 0.4) is 0 Å². The Bertz CT molecular complexity index is 643. The second-order valence-electron chi connectivity index (χ2n) is 4.91. The monoisotopic (exact) mass is 318 g/mol. The third kappa shape index (κ3) is 5.00. The van der Waals surface area contributed by atoms with Crippen molar-refractivity contribution < 1.29 is 19.1 Å². The van der Waals surface area contributed by atoms with Crippen LogP contribution in [0.1, 0.15) is 26.5 Å². The second-order valence-corrected chi connectivity index (χ2v) is 6.19. The lowest BCUT2D eigenvalue weighted by atomic mass is 10.2. The molecule has 5 heteroatoms. The highest BCUT2D eigenvalue weighted by Crippen LogP contribution is 2.15. The number of benzene rings is 1. The molecule has 1 aromatic heterocycles. The molecule has 0 unspecified atom stereocenters. The summed E-state index contributed by atoms with van der Waals surface area (Å²) in [6.07, 6.45) is 0.116. The average Bonchev–Trinajstić information content (AvgIpc) is 2.93. The molecule has 0 bridgehead atoms. The van der Waals surface area contributed by atoms with Crippen molar-refractivity contribution in [2.24, 2.45) is 0 Å². The van der Waals surface area contributed by atoms with Crippen molar-refractivity contribution in [2.75, 3.05) is 13.2 Å². The summed E-state index contributed by atoms with van der Waals surface area (Å²) in [6.45, 7) is 3.93. The Balaban J connectivity index is 1.67. The molecule has 0 aliphatic rings. The van der Waals surface area contributed by atoms with Gasteiger partial charge in [0.15, 0.2) is 6.61 Å². The first-order valence-electron chi connectivity index (χ1n) is 6.99. The van der Waals surface area contributed by atoms with Crippen LogP contribution in [-0.4, -0.2) is 25.0 Å². The zero-order chi connectivity index (χ0) is 15.9. The standard InChI is InChI=1S/C17H18O4S/c1-12-3-6-14(7-4-12)20-10-9-17(19)21-11-15(18)16-8-5-13(2)22-16/h3-8H,9-11H2,1-2H3. The van der Waals surface area contributed by atoms with Crippen molar-refractivity contribution in [3.8, 4) is 5.75 Å². The number of esters is 1. The Morgan fingerprint density at radius 1 is 1.05 bits per heavy atom. The molecular formula is C17H18O4S. The van der Waals surface area contributed by atoms with Gasteiger partial charge in [0.25, 0.3) is 0 Å². The smallest absolute Gasteiger partial charge is 0.309 e. The van der Waals surface area contributed by atoms with E-state index in [1.165, 1.54) is 11.3 Å². The third-order valence-corrected chi connectivity index (χ3v) is 4.02. The molecule has 0 saturated heterocycles. The molecule has 1 heterocycles. The summed E-state index contributed by atoms with van der Waals surface area (Å²) >= 11 is 1.40. The van der Waals surface area contributed by atoms with Crippen molar-refractivity contribution in [2.45, 2.75) is 20.3 Å². The molecule has 0 spiro atoms. The maximum absolute atomic E-state index is 11.8. The number of ketones is 1. The fourth-order valence-electron chi connectivity index (χ4n) is 1.76. The number of carbonyl (C=O) groups excluding carboxylic acids is 2. The highest BCUT2D eigenvalue weighted by Gasteiger charge is 2.11. The molecule has 2 aromatic rings. The van der Waals surface area contributed by atoms with Crippen LogP contribution >= 0.6 is 11.3 Å². The predicted octanol–water partition coefficient (Wildman–Crippen LogP) is 3.56. The van der Waals surface area contributed by atoms with E-state index >= 15 is 0 Å². The number of thiophene rings is 1. The van der Waals surface area contributed by atoms with Gasteiger partial charge in [-0.3, -0.25) is 9.59 Å². The summed E-state index contributed by atoms with van der Waals surface area (Å²) in [6, 6.07) is 11.2. The SMILES string of the molecule is Cc1ccc(OCCC(=O)OCC(=O)c2ccc(C)s2)cc1. The molecule has 0 aliphatic heterocycles. The molecule has 0 atom stereocenters. The maximum Gasteiger partial charge on any atom is 0.309 e. The Kier molecular flexibility index (Phi) is 5.72. The van der Waals surface area contributed by atoms with Crippen LogP contribution in [0.4, 0.5) is 0 Å². The van der Waals surface area contributed by atoms with Gasteiger partial charge in [-0.05, 0) is 38.1 Å². The number of Topliss-reactive ketones (excluding diaryl/α,β-unsaturated/α-hetero) is 1. The molecule has 0 N–H and O–H groups in total. The van der Waals surface area contributed by atoms with Crippen molar-refractivity contribution >= 4 is 23.1 Å². The normalized spacial score (nSPS) is 10.3. The van der Waals surface area contributed by atoms with Gasteiger partial charge < -0.3 is 9.47 Å². The molecule has 4 nitrogen and oxygen atoms in total. The third-order valence-electron chi connectivity index (χ3n) is 2.98. The minimum absolute atomic E-state index is 0.116. The second kappa shape index (κ2) is 7.75. The van der Waals surface area contributed by atoms with Gasteiger partial charge in [0, 0.05) is 4.88 Å². The van der Waals surface area contributed by atoms with E-state index in [4.69, 9.17) is 9.47 Å². The lowest BCUT2D eigenvalue weighted by molar-refractivity contribution is -0.143. The van der Waals surface area contributed by atoms with Gasteiger partial charge in [0.05, 0.1) is 17.9 Å². The zero-order valence-corrected chi connectivity index (χ0v) is 13.4. The minimum atomic E-state index is -0.436. The van der Waals surface area contributed by atoms with Crippen LogP contribution in [0.2, 0.25) is 0 Å². The van der Waals surface area contributed by atoms with Gasteiger partial charge in [-0.1, -0.05) is 17.7 Å². The summed E-state index contributed by atoms with van der Waals surface area (Å²) in [5.41, 5.74) is 1.15. The number of ether oxygens (including phenoxy) is 2. The van der Waals surface area contributed by atoms with Crippen molar-refractivity contribution in [1.29, 1.82) is 0 Å². The van der Waals surface area contributed by atoms with Gasteiger partial charge in [-0.2, -0.15) is 0 Å². The van der Waals surface area contributed by atoms with Gasteiger partial charge in [0.2, 0.25) is 5.78 Å². The molecule has 1 aromatic carbocycles. The van der Waals surface area contributed by atoms with Gasteiger partial charge in [-0.25, -0.2) is 0 Å². The summed E-state index contributed by atoms with van der Waals surface area (Å²) in [4.78, 5) is 25.0. The van der Waals surface area contributed by atoms with Gasteiger partial charge in [0.1, 0.15) is 5.75 Å². The van der Waals surface area contributed by atoms with Crippen LogP contribution in [0.25, 0.3) is 0 Å². The average molecular weight is 318 g/mol. The lowest BCUT2D eigenvalue weighted by Crippen LogP contribution is -2.15. The number of carbonyl (C=O) groups is 2. The predicted molar refractivity (Wildman–Crippen MR) is 85.6 cm³/mol. The van der Waals surface area contributed by atoms with Crippen LogP contribution in [0.5, 0.6) is 5.75 Å². The Morgan fingerprint density at radius 2 is 1.77 bits per heavy atom. The molecule has 0 fully saturated rings. The maximum atomic E-state index is 11.8. The Labute approximate surface area is 133 Å². The van der Waals surface area contributed by atoms with Gasteiger partial charge in [-0.15, -0.1) is 11.3 Å². The lowest BCUT2D eigenvalue weighted by Gasteiger charge is -2.06. The highest BCUT2D eigenvalue weighted by atomic mass is 32.1. The van der Waals surface area contributed by atoms with Crippen LogP contribution < -0.4 is 4.74 Å². The van der Waals surface area contributed by atoms with Gasteiger partial charge >= 0.3 is 5.97 Å². The zero-order valence-electron chi connectivity index (χ0n) is 12.6. The first kappa shape index (κ1) is 16.2. The molecule has 0 radical (unpaired) electrons. The van der Waals surface area contributed by atoms with Crippen LogP contribution in [-0.2, 0) is 9.53 Å². The van der Waals surface area contributed by atoms with Crippen LogP contribution in [0, 0.1) is 13.8 Å². The first-order valence-corrected chi connectivity index (χ1v) is 7.81. The fourth-order valence-corrected chi connectivity index (χ4v) is 2.55. The van der Waals surface area contributed by atoms with Crippen molar-refractivity contribution in [3.05, 3.63) is 51.7 Å². The van der Waals surface area contributed by atoms with Crippen molar-refractivity contribution in [3.63, 3.8) is 0 Å². The van der Waals surface area contributed by atoms with E-state index in [1.807, 2.05) is 44.2 Å². The van der Waals surface area contributed by atoms with E-state index in [0.29, 0.717) is 10.6 Å². The number of aryl methyl sites for hydroxylation is 2. The van der Waals surface area contributed by atoms with Crippen LogP contribution in [0.15, 0.2) is 36.4 Å². The van der Waals surface area contributed by atoms with E-state index in [2.05, 4.69) is 0 Å². The molecule has 116 valence electrons. The molecule has 0 aliphatic carbocycles. The molecule has 2 rings (SSSR count). The van der Waals surface area contributed by atoms with E-state index in [1.54, 1.807) is 6.07 Å².